The first kappa shape index (κ1) is 24.1. The van der Waals surface area contributed by atoms with E-state index < -0.39 is 45.3 Å². The summed E-state index contributed by atoms with van der Waals surface area (Å²) in [6.45, 7) is 2.00. The van der Waals surface area contributed by atoms with Crippen molar-refractivity contribution in [1.29, 1.82) is 0 Å². The van der Waals surface area contributed by atoms with E-state index in [0.717, 1.165) is 43.5 Å². The highest BCUT2D eigenvalue weighted by molar-refractivity contribution is 7.89. The Morgan fingerprint density at radius 1 is 1.09 bits per heavy atom. The molecule has 0 spiro atoms. The number of carbonyl (C=O) groups is 2. The fourth-order valence-electron chi connectivity index (χ4n) is 3.18. The fourth-order valence-corrected chi connectivity index (χ4v) is 4.92. The normalized spacial score (nSPS) is 15.8. The highest BCUT2D eigenvalue weighted by Crippen LogP contribution is 2.26. The Hall–Kier alpha value is -2.56. The average molecular weight is 487 g/mol. The van der Waals surface area contributed by atoms with Gasteiger partial charge in [0.2, 0.25) is 10.0 Å². The van der Waals surface area contributed by atoms with Gasteiger partial charge in [-0.2, -0.15) is 4.31 Å². The van der Waals surface area contributed by atoms with Crippen molar-refractivity contribution in [2.45, 2.75) is 37.2 Å². The second-order valence-corrected chi connectivity index (χ2v) is 9.61. The van der Waals surface area contributed by atoms with Gasteiger partial charge in [-0.3, -0.25) is 4.79 Å². The molecule has 1 atom stereocenters. The summed E-state index contributed by atoms with van der Waals surface area (Å²) in [6.07, 6.45) is 1.05. The van der Waals surface area contributed by atoms with E-state index in [1.165, 1.54) is 23.4 Å². The molecular weight excluding hydrogens is 466 g/mol. The third-order valence-corrected chi connectivity index (χ3v) is 7.17. The molecule has 3 rings (SSSR count). The number of sulfonamides is 1. The number of ether oxygens (including phenoxy) is 1. The van der Waals surface area contributed by atoms with Gasteiger partial charge in [0.05, 0.1) is 21.2 Å². The van der Waals surface area contributed by atoms with Crippen LogP contribution in [0.25, 0.3) is 0 Å². The summed E-state index contributed by atoms with van der Waals surface area (Å²) in [6, 6.07) is 6.18. The first-order valence-electron chi connectivity index (χ1n) is 9.86. The van der Waals surface area contributed by atoms with E-state index in [0.29, 0.717) is 13.1 Å². The van der Waals surface area contributed by atoms with Crippen LogP contribution in [0.5, 0.6) is 0 Å². The van der Waals surface area contributed by atoms with Crippen LogP contribution < -0.4 is 5.32 Å². The number of piperidine rings is 1. The van der Waals surface area contributed by atoms with E-state index in [4.69, 9.17) is 16.3 Å². The van der Waals surface area contributed by atoms with Crippen LogP contribution >= 0.6 is 11.6 Å². The van der Waals surface area contributed by atoms with Crippen LogP contribution in [0.4, 0.5) is 14.5 Å². The smallest absolute Gasteiger partial charge is 0.340 e. The van der Waals surface area contributed by atoms with E-state index in [2.05, 4.69) is 5.32 Å². The van der Waals surface area contributed by atoms with Gasteiger partial charge in [-0.25, -0.2) is 22.0 Å². The molecule has 1 aliphatic rings. The van der Waals surface area contributed by atoms with Crippen LogP contribution in [0.15, 0.2) is 41.3 Å². The van der Waals surface area contributed by atoms with Gasteiger partial charge < -0.3 is 10.1 Å². The molecule has 1 aliphatic heterocycles. The van der Waals surface area contributed by atoms with Gasteiger partial charge in [0.1, 0.15) is 11.6 Å². The number of nitrogens with zero attached hydrogens (tertiary/aromatic N) is 1. The number of hydrogen-bond donors (Lipinski definition) is 1. The maximum atomic E-state index is 13.7. The van der Waals surface area contributed by atoms with E-state index in [9.17, 15) is 26.8 Å². The van der Waals surface area contributed by atoms with Crippen LogP contribution in [-0.4, -0.2) is 43.8 Å². The predicted molar refractivity (Wildman–Crippen MR) is 114 cm³/mol. The lowest BCUT2D eigenvalue weighted by Gasteiger charge is -2.26. The Labute approximate surface area is 189 Å². The van der Waals surface area contributed by atoms with Crippen molar-refractivity contribution in [3.8, 4) is 0 Å². The number of esters is 1. The standard InChI is InChI=1S/C21H21ClF2N2O5S/c1-13(20(27)25-19-11-14(23)5-8-18(19)24)31-21(28)16-12-15(6-7-17(16)22)32(29,30)26-9-3-2-4-10-26/h5-8,11-13H,2-4,9-10H2,1H3,(H,25,27). The highest BCUT2D eigenvalue weighted by Gasteiger charge is 2.28. The molecule has 172 valence electrons. The lowest BCUT2D eigenvalue weighted by Crippen LogP contribution is -2.35. The molecule has 11 heteroatoms. The number of benzene rings is 2. The van der Waals surface area contributed by atoms with Crippen LogP contribution in [0.3, 0.4) is 0 Å². The van der Waals surface area contributed by atoms with Crippen LogP contribution in [0.2, 0.25) is 5.02 Å². The minimum Gasteiger partial charge on any atom is -0.449 e. The molecule has 0 aliphatic carbocycles. The molecule has 2 aromatic rings. The molecule has 1 amide bonds. The number of halogens is 3. The Bertz CT molecular complexity index is 1140. The first-order valence-corrected chi connectivity index (χ1v) is 11.7. The fraction of sp³-hybridized carbons (Fsp3) is 0.333. The van der Waals surface area contributed by atoms with Crippen molar-refractivity contribution in [3.63, 3.8) is 0 Å². The third-order valence-electron chi connectivity index (χ3n) is 4.95. The monoisotopic (exact) mass is 486 g/mol. The molecule has 0 radical (unpaired) electrons. The molecule has 32 heavy (non-hydrogen) atoms. The number of rotatable bonds is 6. The first-order chi connectivity index (χ1) is 15.1. The molecule has 7 nitrogen and oxygen atoms in total. The van der Waals surface area contributed by atoms with Crippen LogP contribution in [-0.2, 0) is 19.6 Å². The SMILES string of the molecule is CC(OC(=O)c1cc(S(=O)(=O)N2CCCCC2)ccc1Cl)C(=O)Nc1cc(F)ccc1F. The Morgan fingerprint density at radius 3 is 2.47 bits per heavy atom. The molecular formula is C21H21ClF2N2O5S. The molecule has 1 fully saturated rings. The van der Waals surface area contributed by atoms with Crippen LogP contribution in [0, 0.1) is 11.6 Å². The number of carbonyl (C=O) groups excluding carboxylic acids is 2. The summed E-state index contributed by atoms with van der Waals surface area (Å²) in [5.74, 6) is -3.56. The zero-order valence-electron chi connectivity index (χ0n) is 17.1. The highest BCUT2D eigenvalue weighted by atomic mass is 35.5. The molecule has 1 saturated heterocycles. The van der Waals surface area contributed by atoms with Gasteiger partial charge in [-0.15, -0.1) is 0 Å². The van der Waals surface area contributed by atoms with Gasteiger partial charge in [0, 0.05) is 19.2 Å². The van der Waals surface area contributed by atoms with Crippen molar-refractivity contribution in [2.24, 2.45) is 0 Å². The summed E-state index contributed by atoms with van der Waals surface area (Å²) in [4.78, 5) is 24.7. The van der Waals surface area contributed by atoms with Gasteiger partial charge in [-0.05, 0) is 50.1 Å². The molecule has 0 bridgehead atoms. The summed E-state index contributed by atoms with van der Waals surface area (Å²) in [5, 5.41) is 2.08. The quantitative estimate of drug-likeness (QED) is 0.623. The van der Waals surface area contributed by atoms with Crippen molar-refractivity contribution < 1.29 is 31.5 Å². The molecule has 0 saturated carbocycles. The lowest BCUT2D eigenvalue weighted by atomic mass is 10.2. The Kier molecular flexibility index (Phi) is 7.47. The minimum absolute atomic E-state index is 0.0589. The van der Waals surface area contributed by atoms with E-state index in [-0.39, 0.29) is 15.5 Å². The molecule has 1 N–H and O–H groups in total. The zero-order valence-corrected chi connectivity index (χ0v) is 18.7. The predicted octanol–water partition coefficient (Wildman–Crippen LogP) is 3.98. The topological polar surface area (TPSA) is 92.8 Å². The van der Waals surface area contributed by atoms with E-state index >= 15 is 0 Å². The van der Waals surface area contributed by atoms with Crippen molar-refractivity contribution in [1.82, 2.24) is 4.31 Å². The van der Waals surface area contributed by atoms with Gasteiger partial charge in [0.15, 0.2) is 6.10 Å². The second-order valence-electron chi connectivity index (χ2n) is 7.27. The Balaban J connectivity index is 1.75. The molecule has 2 aromatic carbocycles. The largest absolute Gasteiger partial charge is 0.449 e. The summed E-state index contributed by atoms with van der Waals surface area (Å²) < 4.78 is 59.1. The molecule has 1 unspecified atom stereocenters. The molecule has 1 heterocycles. The summed E-state index contributed by atoms with van der Waals surface area (Å²) in [5.41, 5.74) is -0.646. The minimum atomic E-state index is -3.82. The van der Waals surface area contributed by atoms with Gasteiger partial charge in [0.25, 0.3) is 5.91 Å². The van der Waals surface area contributed by atoms with Gasteiger partial charge >= 0.3 is 5.97 Å². The van der Waals surface area contributed by atoms with Crippen molar-refractivity contribution in [3.05, 3.63) is 58.6 Å². The van der Waals surface area contributed by atoms with E-state index in [1.54, 1.807) is 0 Å². The third kappa shape index (κ3) is 5.43. The van der Waals surface area contributed by atoms with Crippen molar-refractivity contribution >= 4 is 39.2 Å². The summed E-state index contributed by atoms with van der Waals surface area (Å²) >= 11 is 6.06. The van der Waals surface area contributed by atoms with E-state index in [1.807, 2.05) is 0 Å². The molecule has 0 aromatic heterocycles. The maximum Gasteiger partial charge on any atom is 0.340 e. The van der Waals surface area contributed by atoms with Gasteiger partial charge in [-0.1, -0.05) is 18.0 Å². The van der Waals surface area contributed by atoms with Crippen LogP contribution in [0.1, 0.15) is 36.5 Å². The Morgan fingerprint density at radius 2 is 1.78 bits per heavy atom. The average Bonchev–Trinajstić information content (AvgIpc) is 2.76. The number of anilines is 1. The summed E-state index contributed by atoms with van der Waals surface area (Å²) in [7, 11) is -3.82. The second kappa shape index (κ2) is 9.93. The number of amides is 1. The number of hydrogen-bond acceptors (Lipinski definition) is 5. The maximum absolute atomic E-state index is 13.7. The zero-order chi connectivity index (χ0) is 23.5. The van der Waals surface area contributed by atoms with Crippen molar-refractivity contribution in [2.75, 3.05) is 18.4 Å². The number of nitrogens with one attached hydrogen (secondary N) is 1. The lowest BCUT2D eigenvalue weighted by molar-refractivity contribution is -0.123.